The lowest BCUT2D eigenvalue weighted by Crippen LogP contribution is -1.96. The molecule has 0 spiro atoms. The van der Waals surface area contributed by atoms with Crippen molar-refractivity contribution in [1.82, 2.24) is 4.98 Å². The smallest absolute Gasteiger partial charge is 0.348 e. The van der Waals surface area contributed by atoms with Crippen molar-refractivity contribution in [2.24, 2.45) is 0 Å². The molecule has 0 bridgehead atoms. The number of thiazole rings is 1. The van der Waals surface area contributed by atoms with Gasteiger partial charge in [-0.3, -0.25) is 0 Å². The normalized spacial score (nSPS) is 10.4. The maximum Gasteiger partial charge on any atom is 0.348 e. The van der Waals surface area contributed by atoms with E-state index in [9.17, 15) is 9.90 Å². The van der Waals surface area contributed by atoms with Crippen molar-refractivity contribution >= 4 is 17.3 Å². The number of rotatable bonds is 3. The summed E-state index contributed by atoms with van der Waals surface area (Å²) in [5.41, 5.74) is 4.98. The first kappa shape index (κ1) is 12.6. The number of nitrogens with zero attached hydrogens (tertiary/aromatic N) is 1. The summed E-state index contributed by atoms with van der Waals surface area (Å²) in [4.78, 5) is 15.8. The minimum Gasteiger partial charge on any atom is -0.477 e. The molecule has 4 heteroatoms. The van der Waals surface area contributed by atoms with E-state index in [1.165, 1.54) is 0 Å². The van der Waals surface area contributed by atoms with Crippen molar-refractivity contribution in [2.75, 3.05) is 0 Å². The summed E-state index contributed by atoms with van der Waals surface area (Å²) in [5.74, 6) is -0.939. The third kappa shape index (κ3) is 2.21. The number of aromatic carboxylic acids is 1. The van der Waals surface area contributed by atoms with Crippen LogP contribution in [0.3, 0.4) is 0 Å². The average molecular weight is 281 g/mol. The minimum atomic E-state index is -0.939. The van der Waals surface area contributed by atoms with Crippen LogP contribution in [0.1, 0.15) is 9.67 Å². The Kier molecular flexibility index (Phi) is 3.31. The molecule has 3 nitrogen and oxygen atoms in total. The molecule has 0 radical (unpaired) electrons. The Labute approximate surface area is 120 Å². The van der Waals surface area contributed by atoms with Crippen molar-refractivity contribution < 1.29 is 9.90 Å². The maximum absolute atomic E-state index is 11.3. The number of carboxylic acid groups (broad SMARTS) is 1. The van der Waals surface area contributed by atoms with Crippen molar-refractivity contribution in [3.63, 3.8) is 0 Å². The maximum atomic E-state index is 11.3. The van der Waals surface area contributed by atoms with Crippen molar-refractivity contribution in [3.05, 3.63) is 65.0 Å². The van der Waals surface area contributed by atoms with Crippen LogP contribution in [0.5, 0.6) is 0 Å². The van der Waals surface area contributed by atoms with Gasteiger partial charge < -0.3 is 5.11 Å². The van der Waals surface area contributed by atoms with Crippen LogP contribution < -0.4 is 0 Å². The fourth-order valence-corrected chi connectivity index (χ4v) is 2.79. The number of hydrogen-bond acceptors (Lipinski definition) is 3. The lowest BCUT2D eigenvalue weighted by Gasteiger charge is -2.08. The van der Waals surface area contributed by atoms with Crippen molar-refractivity contribution in [3.8, 4) is 22.4 Å². The van der Waals surface area contributed by atoms with E-state index in [-0.39, 0.29) is 4.88 Å². The summed E-state index contributed by atoms with van der Waals surface area (Å²) in [7, 11) is 0. The van der Waals surface area contributed by atoms with Crippen LogP contribution in [0.2, 0.25) is 0 Å². The van der Waals surface area contributed by atoms with E-state index in [0.29, 0.717) is 5.69 Å². The van der Waals surface area contributed by atoms with Crippen molar-refractivity contribution in [2.45, 2.75) is 0 Å². The van der Waals surface area contributed by atoms with Gasteiger partial charge in [-0.25, -0.2) is 9.78 Å². The fraction of sp³-hybridized carbons (Fsp3) is 0. The Morgan fingerprint density at radius 3 is 2.30 bits per heavy atom. The van der Waals surface area contributed by atoms with E-state index in [1.807, 2.05) is 54.6 Å². The number of carboxylic acids is 1. The number of benzene rings is 2. The molecule has 0 atom stereocenters. The first-order valence-corrected chi connectivity index (χ1v) is 6.97. The van der Waals surface area contributed by atoms with E-state index in [0.717, 1.165) is 28.0 Å². The minimum absolute atomic E-state index is 0.272. The monoisotopic (exact) mass is 281 g/mol. The second-order valence-electron chi connectivity index (χ2n) is 4.25. The molecular formula is C16H11NO2S. The molecule has 1 heterocycles. The second-order valence-corrected chi connectivity index (χ2v) is 5.10. The van der Waals surface area contributed by atoms with Crippen LogP contribution in [0.25, 0.3) is 22.4 Å². The average Bonchev–Trinajstić information content (AvgIpc) is 2.98. The lowest BCUT2D eigenvalue weighted by atomic mass is 9.97. The van der Waals surface area contributed by atoms with E-state index in [2.05, 4.69) is 4.98 Å². The van der Waals surface area contributed by atoms with Crippen LogP contribution in [0.4, 0.5) is 0 Å². The molecule has 0 saturated carbocycles. The van der Waals surface area contributed by atoms with Crippen LogP contribution in [0.15, 0.2) is 60.1 Å². The topological polar surface area (TPSA) is 50.2 Å². The SMILES string of the molecule is O=C(O)c1scnc1-c1ccccc1-c1ccccc1. The summed E-state index contributed by atoms with van der Waals surface area (Å²) in [5, 5.41) is 9.25. The molecule has 2 aromatic carbocycles. The molecule has 0 saturated heterocycles. The van der Waals surface area contributed by atoms with Gasteiger partial charge in [0.05, 0.1) is 11.2 Å². The van der Waals surface area contributed by atoms with Crippen LogP contribution in [-0.4, -0.2) is 16.1 Å². The highest BCUT2D eigenvalue weighted by Crippen LogP contribution is 2.34. The van der Waals surface area contributed by atoms with E-state index in [4.69, 9.17) is 0 Å². The summed E-state index contributed by atoms with van der Waals surface area (Å²) in [6.45, 7) is 0. The fourth-order valence-electron chi connectivity index (χ4n) is 2.15. The molecule has 1 N–H and O–H groups in total. The highest BCUT2D eigenvalue weighted by atomic mass is 32.1. The number of hydrogen-bond donors (Lipinski definition) is 1. The van der Waals surface area contributed by atoms with Crippen LogP contribution in [-0.2, 0) is 0 Å². The Hall–Kier alpha value is -2.46. The largest absolute Gasteiger partial charge is 0.477 e. The highest BCUT2D eigenvalue weighted by Gasteiger charge is 2.17. The molecule has 1 aromatic heterocycles. The Bertz CT molecular complexity index is 750. The second kappa shape index (κ2) is 5.27. The molecule has 20 heavy (non-hydrogen) atoms. The van der Waals surface area contributed by atoms with E-state index >= 15 is 0 Å². The molecule has 98 valence electrons. The third-order valence-electron chi connectivity index (χ3n) is 3.03. The standard InChI is InChI=1S/C16H11NO2S/c18-16(19)15-14(17-10-20-15)13-9-5-4-8-12(13)11-6-2-1-3-7-11/h1-10H,(H,18,19). The molecular weight excluding hydrogens is 270 g/mol. The van der Waals surface area contributed by atoms with Gasteiger partial charge in [0.15, 0.2) is 0 Å². The quantitative estimate of drug-likeness (QED) is 0.783. The molecule has 3 aromatic rings. The molecule has 0 aliphatic carbocycles. The van der Waals surface area contributed by atoms with E-state index < -0.39 is 5.97 Å². The molecule has 0 fully saturated rings. The predicted molar refractivity (Wildman–Crippen MR) is 79.9 cm³/mol. The molecule has 0 amide bonds. The summed E-state index contributed by atoms with van der Waals surface area (Å²) in [6.07, 6.45) is 0. The summed E-state index contributed by atoms with van der Waals surface area (Å²) < 4.78 is 0. The van der Waals surface area contributed by atoms with Gasteiger partial charge in [0.1, 0.15) is 4.88 Å². The zero-order valence-electron chi connectivity index (χ0n) is 10.5. The first-order chi connectivity index (χ1) is 9.77. The van der Waals surface area contributed by atoms with E-state index in [1.54, 1.807) is 5.51 Å². The van der Waals surface area contributed by atoms with Gasteiger partial charge >= 0.3 is 5.97 Å². The van der Waals surface area contributed by atoms with Gasteiger partial charge in [-0.05, 0) is 11.1 Å². The summed E-state index contributed by atoms with van der Waals surface area (Å²) in [6, 6.07) is 17.6. The Morgan fingerprint density at radius 1 is 0.950 bits per heavy atom. The summed E-state index contributed by atoms with van der Waals surface area (Å²) >= 11 is 1.15. The lowest BCUT2D eigenvalue weighted by molar-refractivity contribution is 0.0702. The Balaban J connectivity index is 2.21. The Morgan fingerprint density at radius 2 is 1.60 bits per heavy atom. The van der Waals surface area contributed by atoms with Crippen LogP contribution in [0, 0.1) is 0 Å². The van der Waals surface area contributed by atoms with Crippen molar-refractivity contribution in [1.29, 1.82) is 0 Å². The van der Waals surface area contributed by atoms with Gasteiger partial charge in [0, 0.05) is 5.56 Å². The van der Waals surface area contributed by atoms with Gasteiger partial charge in [0.25, 0.3) is 0 Å². The molecule has 0 aliphatic rings. The first-order valence-electron chi connectivity index (χ1n) is 6.09. The molecule has 0 unspecified atom stereocenters. The van der Waals surface area contributed by atoms with Crippen LogP contribution >= 0.6 is 11.3 Å². The molecule has 3 rings (SSSR count). The number of carbonyl (C=O) groups is 1. The number of aromatic nitrogens is 1. The van der Waals surface area contributed by atoms with Gasteiger partial charge in [-0.15, -0.1) is 11.3 Å². The zero-order chi connectivity index (χ0) is 13.9. The predicted octanol–water partition coefficient (Wildman–Crippen LogP) is 4.18. The van der Waals surface area contributed by atoms with Gasteiger partial charge in [0.2, 0.25) is 0 Å². The van der Waals surface area contributed by atoms with Gasteiger partial charge in [-0.1, -0.05) is 54.6 Å². The molecule has 0 aliphatic heterocycles. The zero-order valence-corrected chi connectivity index (χ0v) is 11.3. The van der Waals surface area contributed by atoms with Gasteiger partial charge in [-0.2, -0.15) is 0 Å². The third-order valence-corrected chi connectivity index (χ3v) is 3.84. The highest BCUT2D eigenvalue weighted by molar-refractivity contribution is 7.12.